The van der Waals surface area contributed by atoms with Crippen LogP contribution in [0.25, 0.3) is 22.5 Å². The van der Waals surface area contributed by atoms with Gasteiger partial charge in [-0.15, -0.1) is 0 Å². The first-order valence-electron chi connectivity index (χ1n) is 18.4. The van der Waals surface area contributed by atoms with E-state index in [-0.39, 0.29) is 48.7 Å². The molecule has 0 spiro atoms. The summed E-state index contributed by atoms with van der Waals surface area (Å²) in [7, 11) is 7.51. The van der Waals surface area contributed by atoms with Gasteiger partial charge in [0.2, 0.25) is 0 Å². The standard InChI is InChI=1S/C39H54F6N8O2/c1-26(2)12-17-54-34-10-9-29(19-32(34)38(40,41)42)37-31(23-52(7)16-14-47-5)24-53(50-37)21-27(3)25-55-35-11-8-28(18-33(35)39(43,44)45)36-30(20-48-49-36)22-51(6)15-13-46-4/h8-11,18-20,24,26-27,46-47H,12-17,21-23,25H2,1-7H3,(H,48,49). The summed E-state index contributed by atoms with van der Waals surface area (Å²) < 4.78 is 98.9. The summed E-state index contributed by atoms with van der Waals surface area (Å²) in [5.41, 5.74) is 1.17. The summed E-state index contributed by atoms with van der Waals surface area (Å²) in [6, 6.07) is 7.94. The molecule has 2 aromatic heterocycles. The topological polar surface area (TPSA) is 95.5 Å². The Balaban J connectivity index is 1.56. The molecule has 304 valence electrons. The Bertz CT molecular complexity index is 1790. The van der Waals surface area contributed by atoms with Gasteiger partial charge in [-0.1, -0.05) is 20.8 Å². The van der Waals surface area contributed by atoms with Crippen molar-refractivity contribution in [3.63, 3.8) is 0 Å². The van der Waals surface area contributed by atoms with Gasteiger partial charge in [0.1, 0.15) is 11.5 Å². The van der Waals surface area contributed by atoms with Crippen LogP contribution in [0.4, 0.5) is 26.3 Å². The van der Waals surface area contributed by atoms with Crippen LogP contribution in [0.15, 0.2) is 48.8 Å². The Morgan fingerprint density at radius 2 is 1.36 bits per heavy atom. The molecule has 16 heteroatoms. The van der Waals surface area contributed by atoms with Crippen LogP contribution in [-0.4, -0.2) is 97.4 Å². The zero-order valence-corrected chi connectivity index (χ0v) is 32.7. The first kappa shape index (κ1) is 43.6. The van der Waals surface area contributed by atoms with Crippen LogP contribution >= 0.6 is 0 Å². The Morgan fingerprint density at radius 3 is 1.95 bits per heavy atom. The minimum atomic E-state index is -4.69. The third-order valence-corrected chi connectivity index (χ3v) is 9.03. The lowest BCUT2D eigenvalue weighted by Gasteiger charge is -2.19. The highest BCUT2D eigenvalue weighted by molar-refractivity contribution is 5.66. The number of benzene rings is 2. The lowest BCUT2D eigenvalue weighted by molar-refractivity contribution is -0.139. The second kappa shape index (κ2) is 19.6. The summed E-state index contributed by atoms with van der Waals surface area (Å²) in [5, 5.41) is 17.8. The fourth-order valence-electron chi connectivity index (χ4n) is 6.01. The monoisotopic (exact) mass is 780 g/mol. The van der Waals surface area contributed by atoms with E-state index >= 15 is 0 Å². The molecule has 0 aliphatic rings. The summed E-state index contributed by atoms with van der Waals surface area (Å²) >= 11 is 0. The van der Waals surface area contributed by atoms with Gasteiger partial charge in [-0.2, -0.15) is 36.5 Å². The van der Waals surface area contributed by atoms with E-state index in [4.69, 9.17) is 14.6 Å². The number of hydrogen-bond donors (Lipinski definition) is 3. The molecule has 0 aliphatic carbocycles. The molecule has 2 aromatic carbocycles. The molecular weight excluding hydrogens is 726 g/mol. The molecule has 3 N–H and O–H groups in total. The van der Waals surface area contributed by atoms with Gasteiger partial charge in [0, 0.05) is 80.2 Å². The normalized spacial score (nSPS) is 13.0. The van der Waals surface area contributed by atoms with Crippen LogP contribution in [0.5, 0.6) is 11.5 Å². The van der Waals surface area contributed by atoms with E-state index in [1.807, 2.05) is 58.8 Å². The van der Waals surface area contributed by atoms with Gasteiger partial charge in [-0.3, -0.25) is 9.78 Å². The molecule has 10 nitrogen and oxygen atoms in total. The second-order valence-corrected chi connectivity index (χ2v) is 14.5. The quantitative estimate of drug-likeness (QED) is 0.0753. The molecule has 2 heterocycles. The average Bonchev–Trinajstić information content (AvgIpc) is 3.74. The lowest BCUT2D eigenvalue weighted by atomic mass is 10.0. The van der Waals surface area contributed by atoms with E-state index in [2.05, 4.69) is 20.8 Å². The van der Waals surface area contributed by atoms with E-state index in [1.54, 1.807) is 29.2 Å². The highest BCUT2D eigenvalue weighted by Gasteiger charge is 2.36. The average molecular weight is 781 g/mol. The zero-order chi connectivity index (χ0) is 40.3. The minimum Gasteiger partial charge on any atom is -0.493 e. The SMILES string of the molecule is CNCCN(C)Cc1cn(CC(C)COc2ccc(-c3[nH]ncc3CN(C)CCNC)cc2C(F)(F)F)nc1-c1ccc(OCCC(C)C)c(C(F)(F)F)c1. The van der Waals surface area contributed by atoms with E-state index in [0.29, 0.717) is 55.1 Å². The maximum Gasteiger partial charge on any atom is 0.419 e. The van der Waals surface area contributed by atoms with E-state index in [1.165, 1.54) is 12.1 Å². The summed E-state index contributed by atoms with van der Waals surface area (Å²) in [4.78, 5) is 4.07. The number of H-pyrrole nitrogens is 1. The highest BCUT2D eigenvalue weighted by atomic mass is 19.4. The molecule has 0 saturated heterocycles. The van der Waals surface area contributed by atoms with Crippen molar-refractivity contribution in [2.75, 3.05) is 67.6 Å². The molecule has 1 atom stereocenters. The number of halogens is 6. The third-order valence-electron chi connectivity index (χ3n) is 9.03. The molecule has 0 fully saturated rings. The number of aromatic nitrogens is 4. The highest BCUT2D eigenvalue weighted by Crippen LogP contribution is 2.41. The van der Waals surface area contributed by atoms with Crippen molar-refractivity contribution in [3.8, 4) is 34.0 Å². The predicted molar refractivity (Wildman–Crippen MR) is 202 cm³/mol. The van der Waals surface area contributed by atoms with Crippen LogP contribution < -0.4 is 20.1 Å². The molecule has 4 aromatic rings. The first-order chi connectivity index (χ1) is 26.0. The second-order valence-electron chi connectivity index (χ2n) is 14.5. The molecule has 0 saturated carbocycles. The predicted octanol–water partition coefficient (Wildman–Crippen LogP) is 7.42. The van der Waals surface area contributed by atoms with E-state index in [9.17, 15) is 26.3 Å². The largest absolute Gasteiger partial charge is 0.493 e. The van der Waals surface area contributed by atoms with Crippen molar-refractivity contribution in [3.05, 3.63) is 71.0 Å². The van der Waals surface area contributed by atoms with Gasteiger partial charge in [0.25, 0.3) is 0 Å². The van der Waals surface area contributed by atoms with Gasteiger partial charge in [-0.05, 0) is 76.9 Å². The fraction of sp³-hybridized carbons (Fsp3) is 0.538. The van der Waals surface area contributed by atoms with Crippen LogP contribution in [0.3, 0.4) is 0 Å². The fourth-order valence-corrected chi connectivity index (χ4v) is 6.01. The molecule has 55 heavy (non-hydrogen) atoms. The minimum absolute atomic E-state index is 0.0682. The maximum atomic E-state index is 14.4. The van der Waals surface area contributed by atoms with E-state index < -0.39 is 23.5 Å². The van der Waals surface area contributed by atoms with Gasteiger partial charge in [0.05, 0.1) is 41.9 Å². The van der Waals surface area contributed by atoms with Gasteiger partial charge in [-0.25, -0.2) is 0 Å². The van der Waals surface area contributed by atoms with E-state index in [0.717, 1.165) is 30.8 Å². The number of aromatic amines is 1. The Labute approximate surface area is 319 Å². The summed E-state index contributed by atoms with van der Waals surface area (Å²) in [6.45, 7) is 9.87. The third kappa shape index (κ3) is 12.7. The van der Waals surface area contributed by atoms with Crippen molar-refractivity contribution >= 4 is 0 Å². The summed E-state index contributed by atoms with van der Waals surface area (Å²) in [5.74, 6) is -0.595. The number of nitrogens with zero attached hydrogens (tertiary/aromatic N) is 5. The molecule has 0 amide bonds. The van der Waals surface area contributed by atoms with Crippen molar-refractivity contribution in [1.82, 2.24) is 40.4 Å². The molecule has 0 radical (unpaired) electrons. The lowest BCUT2D eigenvalue weighted by Crippen LogP contribution is -2.27. The van der Waals surface area contributed by atoms with Crippen LogP contribution in [0.2, 0.25) is 0 Å². The Hall–Kier alpha value is -4.12. The first-order valence-corrected chi connectivity index (χ1v) is 18.4. The zero-order valence-electron chi connectivity index (χ0n) is 32.7. The maximum absolute atomic E-state index is 14.4. The molecule has 4 rings (SSSR count). The molecular formula is C39H54F6N8O2. The molecule has 0 aliphatic heterocycles. The summed E-state index contributed by atoms with van der Waals surface area (Å²) in [6.07, 6.45) is -5.34. The number of rotatable bonds is 21. The number of hydrogen-bond acceptors (Lipinski definition) is 8. The molecule has 1 unspecified atom stereocenters. The van der Waals surface area contributed by atoms with Crippen molar-refractivity contribution < 1.29 is 35.8 Å². The van der Waals surface area contributed by atoms with Crippen molar-refractivity contribution in [2.45, 2.75) is 59.2 Å². The van der Waals surface area contributed by atoms with Crippen LogP contribution in [0, 0.1) is 11.8 Å². The van der Waals surface area contributed by atoms with Crippen LogP contribution in [0.1, 0.15) is 49.4 Å². The Morgan fingerprint density at radius 1 is 0.800 bits per heavy atom. The van der Waals surface area contributed by atoms with Crippen molar-refractivity contribution in [2.24, 2.45) is 11.8 Å². The van der Waals surface area contributed by atoms with Gasteiger partial charge >= 0.3 is 12.4 Å². The number of ether oxygens (including phenoxy) is 2. The Kier molecular flexibility index (Phi) is 15.6. The smallest absolute Gasteiger partial charge is 0.419 e. The number of likely N-dealkylation sites (N-methyl/N-ethyl adjacent to an activating group) is 4. The number of alkyl halides is 6. The number of nitrogens with one attached hydrogen (secondary N) is 3. The molecule has 0 bridgehead atoms. The van der Waals surface area contributed by atoms with Crippen molar-refractivity contribution in [1.29, 1.82) is 0 Å². The van der Waals surface area contributed by atoms with Gasteiger partial charge < -0.3 is 29.9 Å². The van der Waals surface area contributed by atoms with Crippen LogP contribution in [-0.2, 0) is 32.0 Å². The van der Waals surface area contributed by atoms with Gasteiger partial charge in [0.15, 0.2) is 0 Å².